The van der Waals surface area contributed by atoms with Crippen LogP contribution < -0.4 is 10.1 Å². The van der Waals surface area contributed by atoms with E-state index in [1.54, 1.807) is 0 Å². The van der Waals surface area contributed by atoms with Gasteiger partial charge in [-0.15, -0.1) is 0 Å². The fraction of sp³-hybridized carbons (Fsp3) is 0.500. The van der Waals surface area contributed by atoms with Crippen molar-refractivity contribution in [2.24, 2.45) is 0 Å². The Labute approximate surface area is 186 Å². The number of rotatable bonds is 9. The standard InChI is InChI=1S/C26H35N3O2/c1-2-3-17-29(26(30)27-22-11-12-22)23-15-18-28(19-16-23)20-21-9-13-25(14-10-21)31-24-7-5-4-6-8-24/h4-10,13-14,22-23H,2-3,11-12,15-20H2,1H3,(H,27,30). The average molecular weight is 422 g/mol. The molecule has 2 aliphatic rings. The molecule has 1 heterocycles. The first kappa shape index (κ1) is 21.7. The minimum Gasteiger partial charge on any atom is -0.457 e. The Morgan fingerprint density at radius 1 is 1.00 bits per heavy atom. The average Bonchev–Trinajstić information content (AvgIpc) is 3.61. The molecule has 166 valence electrons. The largest absolute Gasteiger partial charge is 0.457 e. The molecule has 2 aromatic rings. The van der Waals surface area contributed by atoms with Crippen molar-refractivity contribution in [1.29, 1.82) is 0 Å². The van der Waals surface area contributed by atoms with Gasteiger partial charge in [0.15, 0.2) is 0 Å². The van der Waals surface area contributed by atoms with Gasteiger partial charge in [-0.3, -0.25) is 4.90 Å². The van der Waals surface area contributed by atoms with E-state index in [9.17, 15) is 4.79 Å². The second-order valence-electron chi connectivity index (χ2n) is 8.84. The lowest BCUT2D eigenvalue weighted by molar-refractivity contribution is 0.116. The predicted molar refractivity (Wildman–Crippen MR) is 124 cm³/mol. The molecule has 1 N–H and O–H groups in total. The van der Waals surface area contributed by atoms with Gasteiger partial charge in [0, 0.05) is 38.3 Å². The van der Waals surface area contributed by atoms with Crippen molar-refractivity contribution >= 4 is 6.03 Å². The smallest absolute Gasteiger partial charge is 0.317 e. The van der Waals surface area contributed by atoms with Crippen molar-refractivity contribution in [3.8, 4) is 11.5 Å². The van der Waals surface area contributed by atoms with Gasteiger partial charge in [0.05, 0.1) is 0 Å². The number of carbonyl (C=O) groups is 1. The Morgan fingerprint density at radius 3 is 2.32 bits per heavy atom. The molecule has 1 aliphatic heterocycles. The summed E-state index contributed by atoms with van der Waals surface area (Å²) in [5, 5.41) is 3.20. The van der Waals surface area contributed by atoms with Crippen LogP contribution in [0.5, 0.6) is 11.5 Å². The van der Waals surface area contributed by atoms with Gasteiger partial charge in [-0.05, 0) is 61.9 Å². The summed E-state index contributed by atoms with van der Waals surface area (Å²) < 4.78 is 5.89. The van der Waals surface area contributed by atoms with E-state index < -0.39 is 0 Å². The number of hydrogen-bond donors (Lipinski definition) is 1. The van der Waals surface area contributed by atoms with Crippen molar-refractivity contribution in [3.63, 3.8) is 0 Å². The van der Waals surface area contributed by atoms with Gasteiger partial charge < -0.3 is 15.0 Å². The fourth-order valence-corrected chi connectivity index (χ4v) is 4.20. The van der Waals surface area contributed by atoms with Crippen molar-refractivity contribution < 1.29 is 9.53 Å². The number of nitrogens with one attached hydrogen (secondary N) is 1. The van der Waals surface area contributed by atoms with E-state index >= 15 is 0 Å². The van der Waals surface area contributed by atoms with Crippen LogP contribution in [-0.4, -0.2) is 47.5 Å². The number of carbonyl (C=O) groups excluding carboxylic acids is 1. The van der Waals surface area contributed by atoms with E-state index in [0.29, 0.717) is 12.1 Å². The maximum absolute atomic E-state index is 12.7. The van der Waals surface area contributed by atoms with Gasteiger partial charge in [0.2, 0.25) is 0 Å². The topological polar surface area (TPSA) is 44.8 Å². The Morgan fingerprint density at radius 2 is 1.68 bits per heavy atom. The number of nitrogens with zero attached hydrogens (tertiary/aromatic N) is 2. The van der Waals surface area contributed by atoms with E-state index in [4.69, 9.17) is 4.74 Å². The summed E-state index contributed by atoms with van der Waals surface area (Å²) in [4.78, 5) is 17.3. The van der Waals surface area contributed by atoms with Gasteiger partial charge in [-0.25, -0.2) is 4.79 Å². The molecular formula is C26H35N3O2. The van der Waals surface area contributed by atoms with E-state index in [0.717, 1.165) is 76.2 Å². The minimum atomic E-state index is 0.156. The number of hydrogen-bond acceptors (Lipinski definition) is 3. The van der Waals surface area contributed by atoms with Crippen LogP contribution in [0.4, 0.5) is 4.79 Å². The molecule has 1 saturated carbocycles. The summed E-state index contributed by atoms with van der Waals surface area (Å²) in [6.45, 7) is 6.08. The highest BCUT2D eigenvalue weighted by atomic mass is 16.5. The Kier molecular flexibility index (Phi) is 7.47. The first-order chi connectivity index (χ1) is 15.2. The summed E-state index contributed by atoms with van der Waals surface area (Å²) in [6.07, 6.45) is 6.59. The molecule has 4 rings (SSSR count). The molecule has 5 heteroatoms. The highest BCUT2D eigenvalue weighted by Gasteiger charge is 2.31. The molecule has 0 atom stereocenters. The SMILES string of the molecule is CCCCN(C(=O)NC1CC1)C1CCN(Cc2ccc(Oc3ccccc3)cc2)CC1. The Bertz CT molecular complexity index is 812. The molecule has 2 aromatic carbocycles. The number of benzene rings is 2. The lowest BCUT2D eigenvalue weighted by Gasteiger charge is -2.38. The molecular weight excluding hydrogens is 386 g/mol. The zero-order valence-electron chi connectivity index (χ0n) is 18.6. The Hall–Kier alpha value is -2.53. The van der Waals surface area contributed by atoms with Crippen molar-refractivity contribution in [2.75, 3.05) is 19.6 Å². The lowest BCUT2D eigenvalue weighted by atomic mass is 10.0. The van der Waals surface area contributed by atoms with Crippen LogP contribution in [0, 0.1) is 0 Å². The number of piperidine rings is 1. The van der Waals surface area contributed by atoms with Gasteiger partial charge in [0.25, 0.3) is 0 Å². The minimum absolute atomic E-state index is 0.156. The molecule has 2 fully saturated rings. The Balaban J connectivity index is 1.26. The normalized spacial score (nSPS) is 17.3. The molecule has 0 aromatic heterocycles. The third-order valence-electron chi connectivity index (χ3n) is 6.22. The number of likely N-dealkylation sites (tertiary alicyclic amines) is 1. The van der Waals surface area contributed by atoms with Crippen LogP contribution in [0.1, 0.15) is 51.0 Å². The molecule has 0 radical (unpaired) electrons. The molecule has 31 heavy (non-hydrogen) atoms. The summed E-state index contributed by atoms with van der Waals surface area (Å²) in [5.74, 6) is 1.72. The zero-order chi connectivity index (χ0) is 21.5. The first-order valence-electron chi connectivity index (χ1n) is 11.8. The highest BCUT2D eigenvalue weighted by molar-refractivity contribution is 5.75. The second-order valence-corrected chi connectivity index (χ2v) is 8.84. The van der Waals surface area contributed by atoms with E-state index in [1.165, 1.54) is 5.56 Å². The number of amides is 2. The fourth-order valence-electron chi connectivity index (χ4n) is 4.20. The monoisotopic (exact) mass is 421 g/mol. The number of unbranched alkanes of at least 4 members (excludes halogenated alkanes) is 1. The van der Waals surface area contributed by atoms with Crippen LogP contribution in [0.2, 0.25) is 0 Å². The number of ether oxygens (including phenoxy) is 1. The molecule has 1 aliphatic carbocycles. The van der Waals surface area contributed by atoms with E-state index in [-0.39, 0.29) is 6.03 Å². The molecule has 5 nitrogen and oxygen atoms in total. The molecule has 1 saturated heterocycles. The summed E-state index contributed by atoms with van der Waals surface area (Å²) >= 11 is 0. The van der Waals surface area contributed by atoms with E-state index in [1.807, 2.05) is 42.5 Å². The summed E-state index contributed by atoms with van der Waals surface area (Å²) in [7, 11) is 0. The van der Waals surface area contributed by atoms with Crippen LogP contribution in [0.15, 0.2) is 54.6 Å². The van der Waals surface area contributed by atoms with Crippen molar-refractivity contribution in [1.82, 2.24) is 15.1 Å². The predicted octanol–water partition coefficient (Wildman–Crippen LogP) is 5.42. The van der Waals surface area contributed by atoms with Crippen LogP contribution in [0.3, 0.4) is 0 Å². The van der Waals surface area contributed by atoms with E-state index in [2.05, 4.69) is 34.2 Å². The maximum Gasteiger partial charge on any atom is 0.317 e. The summed E-state index contributed by atoms with van der Waals surface area (Å²) in [5.41, 5.74) is 1.30. The van der Waals surface area contributed by atoms with Gasteiger partial charge in [-0.1, -0.05) is 43.7 Å². The molecule has 2 amide bonds. The quantitative estimate of drug-likeness (QED) is 0.588. The number of urea groups is 1. The van der Waals surface area contributed by atoms with Crippen molar-refractivity contribution in [2.45, 2.75) is 64.1 Å². The lowest BCUT2D eigenvalue weighted by Crippen LogP contribution is -2.51. The first-order valence-corrected chi connectivity index (χ1v) is 11.8. The summed E-state index contributed by atoms with van der Waals surface area (Å²) in [6, 6.07) is 19.2. The van der Waals surface area contributed by atoms with Gasteiger partial charge >= 0.3 is 6.03 Å². The van der Waals surface area contributed by atoms with Crippen LogP contribution >= 0.6 is 0 Å². The highest BCUT2D eigenvalue weighted by Crippen LogP contribution is 2.24. The maximum atomic E-state index is 12.7. The zero-order valence-corrected chi connectivity index (χ0v) is 18.6. The van der Waals surface area contributed by atoms with Crippen LogP contribution in [0.25, 0.3) is 0 Å². The molecule has 0 bridgehead atoms. The van der Waals surface area contributed by atoms with Gasteiger partial charge in [0.1, 0.15) is 11.5 Å². The third-order valence-corrected chi connectivity index (χ3v) is 6.22. The number of para-hydroxylation sites is 1. The van der Waals surface area contributed by atoms with Crippen LogP contribution in [-0.2, 0) is 6.54 Å². The van der Waals surface area contributed by atoms with Crippen molar-refractivity contribution in [3.05, 3.63) is 60.2 Å². The molecule has 0 unspecified atom stereocenters. The third kappa shape index (κ3) is 6.47. The second kappa shape index (κ2) is 10.7. The van der Waals surface area contributed by atoms with Gasteiger partial charge in [-0.2, -0.15) is 0 Å². The molecule has 0 spiro atoms.